The highest BCUT2D eigenvalue weighted by molar-refractivity contribution is 5.35. The molecule has 3 nitrogen and oxygen atoms in total. The van der Waals surface area contributed by atoms with E-state index in [0.29, 0.717) is 11.9 Å². The first-order valence-corrected chi connectivity index (χ1v) is 5.45. The molecule has 1 aromatic carbocycles. The van der Waals surface area contributed by atoms with Crippen molar-refractivity contribution < 1.29 is 17.6 Å². The number of hydrogen-bond donors (Lipinski definition) is 1. The highest BCUT2D eigenvalue weighted by Crippen LogP contribution is 2.30. The number of nitrogens with one attached hydrogen (secondary N) is 1. The van der Waals surface area contributed by atoms with Gasteiger partial charge in [-0.3, -0.25) is 4.68 Å². The van der Waals surface area contributed by atoms with Crippen LogP contribution in [0.4, 0.5) is 23.4 Å². The summed E-state index contributed by atoms with van der Waals surface area (Å²) in [5.74, 6) is -0.395. The Morgan fingerprint density at radius 1 is 1.26 bits per heavy atom. The second kappa shape index (κ2) is 4.91. The first-order chi connectivity index (χ1) is 8.84. The van der Waals surface area contributed by atoms with E-state index in [2.05, 4.69) is 10.4 Å². The monoisotopic (exact) mass is 273 g/mol. The molecule has 0 aliphatic rings. The van der Waals surface area contributed by atoms with E-state index in [9.17, 15) is 17.6 Å². The molecule has 0 unspecified atom stereocenters. The van der Waals surface area contributed by atoms with Crippen LogP contribution in [-0.2, 0) is 19.8 Å². The highest BCUT2D eigenvalue weighted by atomic mass is 19.4. The summed E-state index contributed by atoms with van der Waals surface area (Å²) in [6, 6.07) is 4.12. The molecule has 2 rings (SSSR count). The number of anilines is 1. The molecule has 0 bridgehead atoms. The number of rotatable bonds is 3. The minimum absolute atomic E-state index is 0.0673. The third-order valence-corrected chi connectivity index (χ3v) is 2.47. The lowest BCUT2D eigenvalue weighted by molar-refractivity contribution is -0.137. The number of aryl methyl sites for hydroxylation is 1. The average Bonchev–Trinajstić information content (AvgIpc) is 2.71. The Morgan fingerprint density at radius 3 is 2.58 bits per heavy atom. The molecule has 0 aliphatic heterocycles. The van der Waals surface area contributed by atoms with Crippen LogP contribution in [0, 0.1) is 5.82 Å². The van der Waals surface area contributed by atoms with Crippen LogP contribution in [0.15, 0.2) is 30.5 Å². The fourth-order valence-corrected chi connectivity index (χ4v) is 1.62. The van der Waals surface area contributed by atoms with Gasteiger partial charge in [0.1, 0.15) is 11.6 Å². The molecule has 102 valence electrons. The fourth-order valence-electron chi connectivity index (χ4n) is 1.62. The molecule has 0 fully saturated rings. The maximum Gasteiger partial charge on any atom is 0.416 e. The van der Waals surface area contributed by atoms with Gasteiger partial charge in [0.25, 0.3) is 0 Å². The Balaban J connectivity index is 2.14. The van der Waals surface area contributed by atoms with Crippen molar-refractivity contribution in [1.29, 1.82) is 0 Å². The largest absolute Gasteiger partial charge is 0.416 e. The number of alkyl halides is 3. The van der Waals surface area contributed by atoms with Gasteiger partial charge in [-0.25, -0.2) is 4.39 Å². The van der Waals surface area contributed by atoms with Crippen LogP contribution >= 0.6 is 0 Å². The Bertz CT molecular complexity index is 575. The van der Waals surface area contributed by atoms with E-state index in [-0.39, 0.29) is 12.1 Å². The molecule has 1 heterocycles. The Labute approximate surface area is 106 Å². The van der Waals surface area contributed by atoms with E-state index in [1.165, 1.54) is 0 Å². The lowest BCUT2D eigenvalue weighted by Crippen LogP contribution is -2.08. The molecule has 1 aromatic heterocycles. The van der Waals surface area contributed by atoms with Crippen molar-refractivity contribution in [3.8, 4) is 0 Å². The van der Waals surface area contributed by atoms with Gasteiger partial charge in [0.05, 0.1) is 5.56 Å². The Hall–Kier alpha value is -2.05. The zero-order chi connectivity index (χ0) is 14.0. The minimum Gasteiger partial charge on any atom is -0.365 e. The van der Waals surface area contributed by atoms with Crippen molar-refractivity contribution in [3.05, 3.63) is 47.4 Å². The molecule has 0 saturated heterocycles. The highest BCUT2D eigenvalue weighted by Gasteiger charge is 2.31. The van der Waals surface area contributed by atoms with Crippen molar-refractivity contribution in [2.75, 3.05) is 5.32 Å². The third kappa shape index (κ3) is 3.46. The molecule has 0 spiro atoms. The second-order valence-corrected chi connectivity index (χ2v) is 4.07. The summed E-state index contributed by atoms with van der Waals surface area (Å²) < 4.78 is 52.2. The van der Waals surface area contributed by atoms with Gasteiger partial charge in [0, 0.05) is 25.9 Å². The van der Waals surface area contributed by atoms with E-state index in [1.807, 2.05) is 0 Å². The van der Waals surface area contributed by atoms with Gasteiger partial charge in [-0.2, -0.15) is 18.3 Å². The van der Waals surface area contributed by atoms with Crippen LogP contribution in [0.1, 0.15) is 11.1 Å². The van der Waals surface area contributed by atoms with Crippen LogP contribution in [-0.4, -0.2) is 9.78 Å². The molecule has 2 aromatic rings. The summed E-state index contributed by atoms with van der Waals surface area (Å²) in [4.78, 5) is 0. The summed E-state index contributed by atoms with van der Waals surface area (Å²) in [5, 5.41) is 6.83. The summed E-state index contributed by atoms with van der Waals surface area (Å²) in [7, 11) is 1.72. The molecule has 0 amide bonds. The normalized spacial score (nSPS) is 11.6. The van der Waals surface area contributed by atoms with E-state index in [1.54, 1.807) is 24.0 Å². The standard InChI is InChI=1S/C12H11F4N3/c1-19-3-2-11(18-19)17-7-8-4-9(12(14,15)16)6-10(13)5-8/h2-6H,7H2,1H3,(H,17,18). The molecular weight excluding hydrogens is 262 g/mol. The molecule has 0 radical (unpaired) electrons. The van der Waals surface area contributed by atoms with Crippen LogP contribution in [0.25, 0.3) is 0 Å². The first-order valence-electron chi connectivity index (χ1n) is 5.45. The van der Waals surface area contributed by atoms with Crippen molar-refractivity contribution in [2.24, 2.45) is 7.05 Å². The van der Waals surface area contributed by atoms with Crippen molar-refractivity contribution in [1.82, 2.24) is 9.78 Å². The van der Waals surface area contributed by atoms with Gasteiger partial charge in [0.15, 0.2) is 0 Å². The van der Waals surface area contributed by atoms with E-state index in [4.69, 9.17) is 0 Å². The second-order valence-electron chi connectivity index (χ2n) is 4.07. The maximum atomic E-state index is 13.1. The topological polar surface area (TPSA) is 29.9 Å². The maximum absolute atomic E-state index is 13.1. The molecule has 0 saturated carbocycles. The Morgan fingerprint density at radius 2 is 2.00 bits per heavy atom. The van der Waals surface area contributed by atoms with Gasteiger partial charge in [0.2, 0.25) is 0 Å². The third-order valence-electron chi connectivity index (χ3n) is 2.47. The summed E-state index contributed by atoms with van der Waals surface area (Å²) in [6.45, 7) is 0.0673. The van der Waals surface area contributed by atoms with Gasteiger partial charge >= 0.3 is 6.18 Å². The predicted octanol–water partition coefficient (Wildman–Crippen LogP) is 3.19. The smallest absolute Gasteiger partial charge is 0.365 e. The molecule has 1 N–H and O–H groups in total. The quantitative estimate of drug-likeness (QED) is 0.870. The van der Waals surface area contributed by atoms with Crippen LogP contribution < -0.4 is 5.32 Å². The lowest BCUT2D eigenvalue weighted by atomic mass is 10.1. The summed E-state index contributed by atoms with van der Waals surface area (Å²) >= 11 is 0. The number of halogens is 4. The van der Waals surface area contributed by atoms with Gasteiger partial charge < -0.3 is 5.32 Å². The zero-order valence-corrected chi connectivity index (χ0v) is 10.0. The summed E-state index contributed by atoms with van der Waals surface area (Å²) in [5.41, 5.74) is -0.789. The molecule has 19 heavy (non-hydrogen) atoms. The number of aromatic nitrogens is 2. The van der Waals surface area contributed by atoms with E-state index in [0.717, 1.165) is 12.1 Å². The van der Waals surface area contributed by atoms with E-state index >= 15 is 0 Å². The van der Waals surface area contributed by atoms with Crippen molar-refractivity contribution in [3.63, 3.8) is 0 Å². The lowest BCUT2D eigenvalue weighted by Gasteiger charge is -2.10. The minimum atomic E-state index is -4.55. The van der Waals surface area contributed by atoms with Crippen LogP contribution in [0.5, 0.6) is 0 Å². The van der Waals surface area contributed by atoms with E-state index < -0.39 is 17.6 Å². The predicted molar refractivity (Wildman–Crippen MR) is 61.9 cm³/mol. The number of benzene rings is 1. The Kier molecular flexibility index (Phi) is 3.46. The van der Waals surface area contributed by atoms with Crippen molar-refractivity contribution in [2.45, 2.75) is 12.7 Å². The van der Waals surface area contributed by atoms with Crippen LogP contribution in [0.2, 0.25) is 0 Å². The average molecular weight is 273 g/mol. The molecular formula is C12H11F4N3. The molecule has 0 aliphatic carbocycles. The SMILES string of the molecule is Cn1ccc(NCc2cc(F)cc(C(F)(F)F)c2)n1. The molecule has 7 heteroatoms. The van der Waals surface area contributed by atoms with Gasteiger partial charge in [-0.1, -0.05) is 0 Å². The fraction of sp³-hybridized carbons (Fsp3) is 0.250. The number of hydrogen-bond acceptors (Lipinski definition) is 2. The van der Waals surface area contributed by atoms with Crippen molar-refractivity contribution >= 4 is 5.82 Å². The van der Waals surface area contributed by atoms with Gasteiger partial charge in [-0.05, 0) is 23.8 Å². The van der Waals surface area contributed by atoms with Crippen LogP contribution in [0.3, 0.4) is 0 Å². The zero-order valence-electron chi connectivity index (χ0n) is 10.0. The first kappa shape index (κ1) is 13.4. The van der Waals surface area contributed by atoms with Gasteiger partial charge in [-0.15, -0.1) is 0 Å². The number of nitrogens with zero attached hydrogens (tertiary/aromatic N) is 2. The molecule has 0 atom stereocenters. The summed E-state index contributed by atoms with van der Waals surface area (Å²) in [6.07, 6.45) is -2.86.